The molecule has 0 aliphatic heterocycles. The number of thiocarbonyl (C=S) groups is 1. The lowest BCUT2D eigenvalue weighted by Crippen LogP contribution is -2.33. The molecule has 6 heteroatoms. The van der Waals surface area contributed by atoms with Crippen molar-refractivity contribution < 1.29 is 4.79 Å². The van der Waals surface area contributed by atoms with E-state index in [0.717, 1.165) is 5.52 Å². The molecule has 0 radical (unpaired) electrons. The van der Waals surface area contributed by atoms with Crippen molar-refractivity contribution in [3.63, 3.8) is 0 Å². The maximum absolute atomic E-state index is 12.4. The fourth-order valence-corrected chi connectivity index (χ4v) is 2.02. The SMILES string of the molecule is CCN(CCC(N)=S)C(=O)c1ccc2nccnc2c1. The summed E-state index contributed by atoms with van der Waals surface area (Å²) in [6.45, 7) is 3.07. The summed E-state index contributed by atoms with van der Waals surface area (Å²) >= 11 is 4.85. The Labute approximate surface area is 122 Å². The summed E-state index contributed by atoms with van der Waals surface area (Å²) in [5.41, 5.74) is 7.57. The third-order valence-corrected chi connectivity index (χ3v) is 3.22. The fourth-order valence-electron chi connectivity index (χ4n) is 1.93. The predicted octanol–water partition coefficient (Wildman–Crippen LogP) is 1.77. The Morgan fingerprint density at radius 2 is 2.00 bits per heavy atom. The molecular formula is C14H16N4OS. The standard InChI is InChI=1S/C14H16N4OS/c1-2-18(8-5-13(15)20)14(19)10-3-4-11-12(9-10)17-7-6-16-11/h3-4,6-7,9H,2,5,8H2,1H3,(H2,15,20). The molecule has 0 atom stereocenters. The fraction of sp³-hybridized carbons (Fsp3) is 0.286. The van der Waals surface area contributed by atoms with Crippen molar-refractivity contribution in [1.29, 1.82) is 0 Å². The van der Waals surface area contributed by atoms with Crippen molar-refractivity contribution in [1.82, 2.24) is 14.9 Å². The molecule has 0 saturated carbocycles. The number of hydrogen-bond acceptors (Lipinski definition) is 4. The minimum absolute atomic E-state index is 0.0451. The molecular weight excluding hydrogens is 272 g/mol. The van der Waals surface area contributed by atoms with Gasteiger partial charge in [-0.3, -0.25) is 14.8 Å². The van der Waals surface area contributed by atoms with Crippen molar-refractivity contribution in [2.24, 2.45) is 5.73 Å². The monoisotopic (exact) mass is 288 g/mol. The number of nitrogens with two attached hydrogens (primary N) is 1. The summed E-state index contributed by atoms with van der Waals surface area (Å²) in [5, 5.41) is 0. The van der Waals surface area contributed by atoms with Crippen LogP contribution in [0.3, 0.4) is 0 Å². The summed E-state index contributed by atoms with van der Waals surface area (Å²) in [6.07, 6.45) is 3.77. The smallest absolute Gasteiger partial charge is 0.253 e. The molecule has 0 aliphatic rings. The van der Waals surface area contributed by atoms with Gasteiger partial charge in [0.1, 0.15) is 0 Å². The lowest BCUT2D eigenvalue weighted by atomic mass is 10.1. The normalized spacial score (nSPS) is 10.4. The van der Waals surface area contributed by atoms with Gasteiger partial charge in [-0.1, -0.05) is 12.2 Å². The number of aromatic nitrogens is 2. The second-order valence-electron chi connectivity index (χ2n) is 4.36. The number of hydrogen-bond donors (Lipinski definition) is 1. The third-order valence-electron chi connectivity index (χ3n) is 3.01. The van der Waals surface area contributed by atoms with Crippen LogP contribution in [-0.2, 0) is 0 Å². The molecule has 1 aromatic carbocycles. The highest BCUT2D eigenvalue weighted by atomic mass is 32.1. The Kier molecular flexibility index (Phi) is 4.57. The average Bonchev–Trinajstić information content (AvgIpc) is 2.47. The van der Waals surface area contributed by atoms with Crippen LogP contribution in [0, 0.1) is 0 Å². The van der Waals surface area contributed by atoms with Gasteiger partial charge in [0, 0.05) is 37.5 Å². The van der Waals surface area contributed by atoms with E-state index >= 15 is 0 Å². The molecule has 2 rings (SSSR count). The molecule has 0 unspecified atom stereocenters. The summed E-state index contributed by atoms with van der Waals surface area (Å²) in [4.78, 5) is 23.0. The molecule has 0 fully saturated rings. The molecule has 0 aliphatic carbocycles. The lowest BCUT2D eigenvalue weighted by Gasteiger charge is -2.20. The Bertz CT molecular complexity index is 644. The summed E-state index contributed by atoms with van der Waals surface area (Å²) < 4.78 is 0. The molecule has 0 spiro atoms. The van der Waals surface area contributed by atoms with Gasteiger partial charge in [-0.25, -0.2) is 0 Å². The van der Waals surface area contributed by atoms with E-state index < -0.39 is 0 Å². The van der Waals surface area contributed by atoms with E-state index in [0.29, 0.717) is 35.6 Å². The van der Waals surface area contributed by atoms with Gasteiger partial charge in [0.15, 0.2) is 0 Å². The Morgan fingerprint density at radius 3 is 2.65 bits per heavy atom. The third kappa shape index (κ3) is 3.27. The number of nitrogens with zero attached hydrogens (tertiary/aromatic N) is 3. The van der Waals surface area contributed by atoms with E-state index in [2.05, 4.69) is 9.97 Å². The number of carbonyl (C=O) groups excluding carboxylic acids is 1. The second-order valence-corrected chi connectivity index (χ2v) is 4.89. The summed E-state index contributed by atoms with van der Waals surface area (Å²) in [6, 6.07) is 5.33. The van der Waals surface area contributed by atoms with Crippen molar-refractivity contribution in [2.75, 3.05) is 13.1 Å². The second kappa shape index (κ2) is 6.38. The van der Waals surface area contributed by atoms with Crippen LogP contribution in [0.4, 0.5) is 0 Å². The van der Waals surface area contributed by atoms with Crippen LogP contribution >= 0.6 is 12.2 Å². The number of amides is 1. The van der Waals surface area contributed by atoms with Crippen molar-refractivity contribution in [3.05, 3.63) is 36.2 Å². The molecule has 1 heterocycles. The molecule has 104 valence electrons. The Hall–Kier alpha value is -2.08. The van der Waals surface area contributed by atoms with Crippen LogP contribution in [0.25, 0.3) is 11.0 Å². The summed E-state index contributed by atoms with van der Waals surface area (Å²) in [5.74, 6) is -0.0451. The minimum atomic E-state index is -0.0451. The van der Waals surface area contributed by atoms with Crippen molar-refractivity contribution in [2.45, 2.75) is 13.3 Å². The summed E-state index contributed by atoms with van der Waals surface area (Å²) in [7, 11) is 0. The van der Waals surface area contributed by atoms with Crippen LogP contribution in [0.1, 0.15) is 23.7 Å². The Balaban J connectivity index is 2.22. The van der Waals surface area contributed by atoms with Gasteiger partial charge < -0.3 is 10.6 Å². The van der Waals surface area contributed by atoms with Crippen LogP contribution in [0.2, 0.25) is 0 Å². The molecule has 0 bridgehead atoms. The van der Waals surface area contributed by atoms with Crippen LogP contribution in [0.5, 0.6) is 0 Å². The molecule has 2 aromatic rings. The maximum atomic E-state index is 12.4. The first kappa shape index (κ1) is 14.3. The molecule has 1 amide bonds. The lowest BCUT2D eigenvalue weighted by molar-refractivity contribution is 0.0769. The number of rotatable bonds is 5. The van der Waals surface area contributed by atoms with E-state index in [1.54, 1.807) is 35.5 Å². The van der Waals surface area contributed by atoms with E-state index in [1.165, 1.54) is 0 Å². The van der Waals surface area contributed by atoms with Gasteiger partial charge in [-0.05, 0) is 25.1 Å². The Morgan fingerprint density at radius 1 is 1.30 bits per heavy atom. The van der Waals surface area contributed by atoms with Crippen molar-refractivity contribution in [3.8, 4) is 0 Å². The zero-order valence-corrected chi connectivity index (χ0v) is 12.1. The van der Waals surface area contributed by atoms with E-state index in [-0.39, 0.29) is 5.91 Å². The quantitative estimate of drug-likeness (QED) is 0.849. The highest BCUT2D eigenvalue weighted by Crippen LogP contribution is 2.13. The first-order chi connectivity index (χ1) is 9.61. The predicted molar refractivity (Wildman–Crippen MR) is 82.5 cm³/mol. The van der Waals surface area contributed by atoms with Gasteiger partial charge >= 0.3 is 0 Å². The minimum Gasteiger partial charge on any atom is -0.393 e. The van der Waals surface area contributed by atoms with Gasteiger partial charge in [0.25, 0.3) is 5.91 Å². The van der Waals surface area contributed by atoms with E-state index in [1.807, 2.05) is 6.92 Å². The molecule has 20 heavy (non-hydrogen) atoms. The van der Waals surface area contributed by atoms with E-state index in [4.69, 9.17) is 18.0 Å². The maximum Gasteiger partial charge on any atom is 0.253 e. The zero-order valence-electron chi connectivity index (χ0n) is 11.2. The number of benzene rings is 1. The van der Waals surface area contributed by atoms with Gasteiger partial charge in [-0.2, -0.15) is 0 Å². The van der Waals surface area contributed by atoms with Gasteiger partial charge in [-0.15, -0.1) is 0 Å². The van der Waals surface area contributed by atoms with Crippen LogP contribution in [0.15, 0.2) is 30.6 Å². The van der Waals surface area contributed by atoms with Crippen molar-refractivity contribution >= 4 is 34.1 Å². The first-order valence-electron chi connectivity index (χ1n) is 6.40. The topological polar surface area (TPSA) is 72.1 Å². The zero-order chi connectivity index (χ0) is 14.5. The van der Waals surface area contributed by atoms with Crippen LogP contribution in [-0.4, -0.2) is 38.9 Å². The van der Waals surface area contributed by atoms with Gasteiger partial charge in [0.2, 0.25) is 0 Å². The van der Waals surface area contributed by atoms with Gasteiger partial charge in [0.05, 0.1) is 16.0 Å². The van der Waals surface area contributed by atoms with Crippen LogP contribution < -0.4 is 5.73 Å². The first-order valence-corrected chi connectivity index (χ1v) is 6.81. The average molecular weight is 288 g/mol. The molecule has 0 saturated heterocycles. The highest BCUT2D eigenvalue weighted by Gasteiger charge is 2.14. The number of carbonyl (C=O) groups is 1. The largest absolute Gasteiger partial charge is 0.393 e. The number of fused-ring (bicyclic) bond motifs is 1. The molecule has 5 nitrogen and oxygen atoms in total. The van der Waals surface area contributed by atoms with E-state index in [9.17, 15) is 4.79 Å². The molecule has 1 aromatic heterocycles. The highest BCUT2D eigenvalue weighted by molar-refractivity contribution is 7.80. The molecule has 2 N–H and O–H groups in total.